The molecular formula is C41H59B2N5O10. The standard InChI is InChI=1S/C32H43BN4O7.C9H16BNO3/c1-2-12-25(29(39)32(42)34-19-26(38)44-20-22-13-6-3-7-14-22)36-31(41)28(24-17-10-5-11-18-24)37-30(40)27(35-21-33-43)23-15-8-4-9-16-23;12-9(13)8(11-6-10-14)7-4-2-1-3-5-7/h3,5-7,10-11,13-14,17-18,23,25,27-29,35,39H,2,4,8-9,12,15-16,19-21H2,1H3,(H,34,42)(H,36,41)(H,37,40);7-8,11H,1-6H2,(H,12,13)/t25?,27-,28-,29?;/m0./s1. The summed E-state index contributed by atoms with van der Waals surface area (Å²) in [5.74, 6) is -3.12. The van der Waals surface area contributed by atoms with Gasteiger partial charge in [-0.1, -0.05) is 30.3 Å². The third-order valence-electron chi connectivity index (χ3n) is 10.5. The van der Waals surface area contributed by atoms with E-state index in [1.54, 1.807) is 42.5 Å². The van der Waals surface area contributed by atoms with E-state index in [9.17, 15) is 38.5 Å². The molecule has 2 aromatic carbocycles. The zero-order chi connectivity index (χ0) is 42.1. The zero-order valence-corrected chi connectivity index (χ0v) is 33.4. The molecule has 0 bridgehead atoms. The summed E-state index contributed by atoms with van der Waals surface area (Å²) in [5.41, 5.74) is 1.31. The number of amides is 3. The first-order valence-corrected chi connectivity index (χ1v) is 20.5. The van der Waals surface area contributed by atoms with Gasteiger partial charge in [0.05, 0.1) is 0 Å². The van der Waals surface area contributed by atoms with Crippen molar-refractivity contribution in [1.82, 2.24) is 26.6 Å². The van der Waals surface area contributed by atoms with Crippen molar-refractivity contribution in [2.45, 2.75) is 121 Å². The quantitative estimate of drug-likeness (QED) is 0.0673. The maximum atomic E-state index is 13.7. The van der Waals surface area contributed by atoms with Crippen molar-refractivity contribution in [3.05, 3.63) is 71.8 Å². The second-order valence-electron chi connectivity index (χ2n) is 14.8. The third kappa shape index (κ3) is 16.7. The van der Waals surface area contributed by atoms with E-state index in [1.807, 2.05) is 25.1 Å². The molecule has 0 aromatic heterocycles. The normalized spacial score (nSPS) is 16.9. The van der Waals surface area contributed by atoms with E-state index in [2.05, 4.69) is 26.6 Å². The fourth-order valence-corrected chi connectivity index (χ4v) is 7.51. The Morgan fingerprint density at radius 1 is 0.724 bits per heavy atom. The van der Waals surface area contributed by atoms with E-state index in [1.165, 1.54) is 6.42 Å². The van der Waals surface area contributed by atoms with Crippen molar-refractivity contribution in [3.8, 4) is 0 Å². The summed E-state index contributed by atoms with van der Waals surface area (Å²) in [6, 6.07) is 14.5. The van der Waals surface area contributed by atoms with Crippen LogP contribution in [0.25, 0.3) is 0 Å². The van der Waals surface area contributed by atoms with Crippen LogP contribution in [0.5, 0.6) is 0 Å². The molecule has 314 valence electrons. The molecule has 3 unspecified atom stereocenters. The van der Waals surface area contributed by atoms with Crippen molar-refractivity contribution < 1.29 is 48.3 Å². The molecule has 2 fully saturated rings. The Bertz CT molecular complexity index is 1580. The molecule has 0 heterocycles. The number of esters is 1. The van der Waals surface area contributed by atoms with E-state index in [0.29, 0.717) is 26.3 Å². The second-order valence-corrected chi connectivity index (χ2v) is 14.8. The Morgan fingerprint density at radius 3 is 1.79 bits per heavy atom. The molecule has 2 aromatic rings. The zero-order valence-electron chi connectivity index (χ0n) is 33.4. The van der Waals surface area contributed by atoms with Gasteiger partial charge in [0.25, 0.3) is 0 Å². The van der Waals surface area contributed by atoms with Gasteiger partial charge in [-0.25, -0.2) is 0 Å². The van der Waals surface area contributed by atoms with Crippen molar-refractivity contribution in [2.75, 3.05) is 19.4 Å². The van der Waals surface area contributed by atoms with E-state index >= 15 is 0 Å². The summed E-state index contributed by atoms with van der Waals surface area (Å²) in [5, 5.41) is 33.6. The number of ether oxygens (including phenoxy) is 1. The van der Waals surface area contributed by atoms with Crippen LogP contribution in [0.2, 0.25) is 0 Å². The molecule has 0 saturated heterocycles. The number of carbonyl (C=O) groups excluding carboxylic acids is 4. The number of aliphatic hydroxyl groups excluding tert-OH is 1. The summed E-state index contributed by atoms with van der Waals surface area (Å²) in [6.07, 6.45) is 9.38. The average molecular weight is 804 g/mol. The topological polar surface area (TPSA) is 229 Å². The third-order valence-corrected chi connectivity index (χ3v) is 10.5. The average Bonchev–Trinajstić information content (AvgIpc) is 3.25. The number of rotatable bonds is 22. The molecule has 3 amide bonds. The van der Waals surface area contributed by atoms with Crippen molar-refractivity contribution >= 4 is 44.0 Å². The number of benzene rings is 2. The fourth-order valence-electron chi connectivity index (χ4n) is 7.51. The molecule has 5 atom stereocenters. The Kier molecular flexibility index (Phi) is 22.4. The minimum atomic E-state index is -1.66. The van der Waals surface area contributed by atoms with Gasteiger partial charge < -0.3 is 4.74 Å². The van der Waals surface area contributed by atoms with E-state index in [4.69, 9.17) is 9.84 Å². The van der Waals surface area contributed by atoms with Crippen LogP contribution in [-0.4, -0.2) is 97.8 Å². The van der Waals surface area contributed by atoms with Crippen LogP contribution < -0.4 is 26.6 Å². The number of hydrogen-bond donors (Lipinski definition) is 7. The van der Waals surface area contributed by atoms with Gasteiger partial charge in [0.2, 0.25) is 0 Å². The van der Waals surface area contributed by atoms with Gasteiger partial charge in [-0.15, -0.1) is 0 Å². The molecule has 15 nitrogen and oxygen atoms in total. The second kappa shape index (κ2) is 27.2. The van der Waals surface area contributed by atoms with Crippen LogP contribution in [0.15, 0.2) is 60.7 Å². The summed E-state index contributed by atoms with van der Waals surface area (Å²) < 4.78 is 26.4. The van der Waals surface area contributed by atoms with Crippen LogP contribution >= 0.6 is 0 Å². The first-order chi connectivity index (χ1) is 28.1. The van der Waals surface area contributed by atoms with Gasteiger partial charge in [0, 0.05) is 0 Å². The Labute approximate surface area is 342 Å². The van der Waals surface area contributed by atoms with Gasteiger partial charge in [-0.2, -0.15) is 0 Å². The van der Waals surface area contributed by atoms with E-state index < -0.39 is 66.5 Å². The van der Waals surface area contributed by atoms with Crippen molar-refractivity contribution in [2.24, 2.45) is 11.8 Å². The van der Waals surface area contributed by atoms with Crippen LogP contribution in [-0.2, 0) is 44.7 Å². The molecule has 17 heteroatoms. The summed E-state index contributed by atoms with van der Waals surface area (Å²) in [6.45, 7) is 1.44. The maximum absolute atomic E-state index is 13.7. The van der Waals surface area contributed by atoms with Gasteiger partial charge in [-0.3, -0.25) is 4.79 Å². The monoisotopic (exact) mass is 803 g/mol. The molecule has 0 radical (unpaired) electrons. The number of hydrogen-bond acceptors (Lipinski definition) is 11. The van der Waals surface area contributed by atoms with Gasteiger partial charge in [-0.05, 0) is 5.56 Å². The summed E-state index contributed by atoms with van der Waals surface area (Å²) >= 11 is 0. The number of carbonyl (C=O) groups is 5. The molecular weight excluding hydrogens is 744 g/mol. The summed E-state index contributed by atoms with van der Waals surface area (Å²) in [4.78, 5) is 63.1. The molecule has 0 aliphatic heterocycles. The molecule has 7 N–H and O–H groups in total. The minimum absolute atomic E-state index is 0.0104. The first kappa shape index (κ1) is 47.8. The Morgan fingerprint density at radius 2 is 1.26 bits per heavy atom. The molecule has 2 aliphatic carbocycles. The predicted octanol–water partition coefficient (Wildman–Crippen LogP) is 2.51. The van der Waals surface area contributed by atoms with Crippen LogP contribution in [0, 0.1) is 11.8 Å². The van der Waals surface area contributed by atoms with Gasteiger partial charge >= 0.3 is 284 Å². The van der Waals surface area contributed by atoms with Gasteiger partial charge in [0.1, 0.15) is 13.2 Å². The first-order valence-electron chi connectivity index (χ1n) is 20.5. The van der Waals surface area contributed by atoms with Crippen molar-refractivity contribution in [3.63, 3.8) is 0 Å². The number of aliphatic hydroxyl groups is 1. The molecule has 2 aliphatic rings. The molecule has 4 rings (SSSR count). The number of carboxylic acids is 1. The fraction of sp³-hybridized carbons (Fsp3) is 0.585. The molecule has 0 spiro atoms. The molecule has 58 heavy (non-hydrogen) atoms. The van der Waals surface area contributed by atoms with Crippen LogP contribution in [0.4, 0.5) is 0 Å². The van der Waals surface area contributed by atoms with Crippen LogP contribution in [0.1, 0.15) is 101 Å². The Balaban J connectivity index is 0.000000541. The number of nitrogens with one attached hydrogen (secondary N) is 5. The predicted molar refractivity (Wildman–Crippen MR) is 217 cm³/mol. The van der Waals surface area contributed by atoms with Crippen molar-refractivity contribution in [1.29, 1.82) is 0 Å². The summed E-state index contributed by atoms with van der Waals surface area (Å²) in [7, 11) is 1.41. The number of aliphatic carboxylic acids is 1. The van der Waals surface area contributed by atoms with E-state index in [-0.39, 0.29) is 37.8 Å². The SMILES string of the molecule is CCCC(NC(=O)[C@@H](NC(=O)[C@@H](NCB=O)C1CCCCC1)c1ccccc1)C(O)C(=O)NCC(=O)OCc1ccccc1.O=BCNC(C(=O)O)C1CCCCC1. The Hall–Kier alpha value is -4.60. The van der Waals surface area contributed by atoms with Crippen LogP contribution in [0.3, 0.4) is 0 Å². The van der Waals surface area contributed by atoms with E-state index in [0.717, 1.165) is 63.4 Å². The van der Waals surface area contributed by atoms with Gasteiger partial charge in [0.15, 0.2) is 0 Å². The molecule has 2 saturated carbocycles. The number of carboxylic acid groups (broad SMARTS) is 1.